The maximum Gasteiger partial charge on any atom is 0.251 e. The van der Waals surface area contributed by atoms with Gasteiger partial charge in [0.25, 0.3) is 5.91 Å². The molecule has 0 saturated heterocycles. The van der Waals surface area contributed by atoms with Crippen LogP contribution >= 0.6 is 12.2 Å². The van der Waals surface area contributed by atoms with E-state index in [1.807, 2.05) is 48.7 Å². The maximum atomic E-state index is 12.2. The molecule has 0 spiro atoms. The van der Waals surface area contributed by atoms with Gasteiger partial charge in [-0.25, -0.2) is 0 Å². The Hall–Kier alpha value is -2.86. The third-order valence-corrected chi connectivity index (χ3v) is 4.80. The molecule has 3 aromatic rings. The molecule has 0 aliphatic rings. The fourth-order valence-electron chi connectivity index (χ4n) is 3.02. The molecular weight excluding hydrogens is 368 g/mol. The molecule has 5 nitrogen and oxygen atoms in total. The lowest BCUT2D eigenvalue weighted by Crippen LogP contribution is -2.29. The second-order valence-corrected chi connectivity index (χ2v) is 7.09. The van der Waals surface area contributed by atoms with E-state index in [4.69, 9.17) is 12.2 Å². The zero-order chi connectivity index (χ0) is 19.8. The standard InChI is InChI=1S/C22H26N4OS/c1-2-3-12-24-22(28)26-18-9-10-20-19(14-18)17(15-25-20)11-13-23-21(27)16-7-5-4-6-8-16/h4-10,14-15,25H,2-3,11-13H2,1H3,(H,23,27)(H2,24,26,28). The fraction of sp³-hybridized carbons (Fsp3) is 0.273. The second-order valence-electron chi connectivity index (χ2n) is 6.68. The lowest BCUT2D eigenvalue weighted by Gasteiger charge is -2.10. The van der Waals surface area contributed by atoms with Gasteiger partial charge in [-0.05, 0) is 61.0 Å². The molecule has 0 saturated carbocycles. The van der Waals surface area contributed by atoms with Crippen molar-refractivity contribution < 1.29 is 4.79 Å². The Morgan fingerprint density at radius 1 is 1.07 bits per heavy atom. The molecule has 28 heavy (non-hydrogen) atoms. The molecule has 0 radical (unpaired) electrons. The molecule has 4 N–H and O–H groups in total. The van der Waals surface area contributed by atoms with E-state index in [9.17, 15) is 4.79 Å². The number of thiocarbonyl (C=S) groups is 1. The molecule has 146 valence electrons. The molecule has 0 fully saturated rings. The van der Waals surface area contributed by atoms with Gasteiger partial charge in [-0.2, -0.15) is 0 Å². The van der Waals surface area contributed by atoms with E-state index in [0.29, 0.717) is 17.2 Å². The molecule has 1 amide bonds. The predicted molar refractivity (Wildman–Crippen MR) is 120 cm³/mol. The van der Waals surface area contributed by atoms with Crippen molar-refractivity contribution in [3.63, 3.8) is 0 Å². The van der Waals surface area contributed by atoms with E-state index in [1.54, 1.807) is 0 Å². The van der Waals surface area contributed by atoms with Gasteiger partial charge in [-0.15, -0.1) is 0 Å². The molecule has 0 bridgehead atoms. The number of unbranched alkanes of at least 4 members (excludes halogenated alkanes) is 1. The molecule has 2 aromatic carbocycles. The Balaban J connectivity index is 1.59. The first-order valence-corrected chi connectivity index (χ1v) is 10.1. The summed E-state index contributed by atoms with van der Waals surface area (Å²) in [5, 5.41) is 11.2. The van der Waals surface area contributed by atoms with Crippen molar-refractivity contribution in [1.29, 1.82) is 0 Å². The summed E-state index contributed by atoms with van der Waals surface area (Å²) in [6.45, 7) is 3.61. The fourth-order valence-corrected chi connectivity index (χ4v) is 3.24. The SMILES string of the molecule is CCCCNC(=S)Nc1ccc2[nH]cc(CCNC(=O)c3ccccc3)c2c1. The first kappa shape index (κ1) is 19.9. The van der Waals surface area contributed by atoms with Crippen LogP contribution in [0.1, 0.15) is 35.7 Å². The summed E-state index contributed by atoms with van der Waals surface area (Å²) < 4.78 is 0. The molecular formula is C22H26N4OS. The number of hydrogen-bond donors (Lipinski definition) is 4. The quantitative estimate of drug-likeness (QED) is 0.341. The van der Waals surface area contributed by atoms with Gasteiger partial charge in [0, 0.05) is 41.4 Å². The summed E-state index contributed by atoms with van der Waals surface area (Å²) >= 11 is 5.35. The summed E-state index contributed by atoms with van der Waals surface area (Å²) in [4.78, 5) is 15.5. The molecule has 3 rings (SSSR count). The largest absolute Gasteiger partial charge is 0.362 e. The van der Waals surface area contributed by atoms with Crippen molar-refractivity contribution in [2.45, 2.75) is 26.2 Å². The van der Waals surface area contributed by atoms with Crippen molar-refractivity contribution in [3.8, 4) is 0 Å². The van der Waals surface area contributed by atoms with Crippen molar-refractivity contribution >= 4 is 39.8 Å². The number of rotatable bonds is 8. The average molecular weight is 395 g/mol. The van der Waals surface area contributed by atoms with Crippen LogP contribution in [0.3, 0.4) is 0 Å². The van der Waals surface area contributed by atoms with Gasteiger partial charge >= 0.3 is 0 Å². The Morgan fingerprint density at radius 2 is 1.89 bits per heavy atom. The van der Waals surface area contributed by atoms with Gasteiger partial charge in [-0.3, -0.25) is 4.79 Å². The van der Waals surface area contributed by atoms with E-state index in [0.717, 1.165) is 48.0 Å². The van der Waals surface area contributed by atoms with Crippen molar-refractivity contribution in [2.75, 3.05) is 18.4 Å². The van der Waals surface area contributed by atoms with Gasteiger partial charge in [-0.1, -0.05) is 31.5 Å². The summed E-state index contributed by atoms with van der Waals surface area (Å²) in [6.07, 6.45) is 4.98. The van der Waals surface area contributed by atoms with E-state index in [-0.39, 0.29) is 5.91 Å². The minimum atomic E-state index is -0.0497. The third-order valence-electron chi connectivity index (χ3n) is 4.56. The van der Waals surface area contributed by atoms with Crippen LogP contribution < -0.4 is 16.0 Å². The van der Waals surface area contributed by atoms with Gasteiger partial charge in [0.05, 0.1) is 0 Å². The minimum absolute atomic E-state index is 0.0497. The van der Waals surface area contributed by atoms with E-state index in [1.165, 1.54) is 0 Å². The Labute approximate surface area is 170 Å². The number of aromatic nitrogens is 1. The van der Waals surface area contributed by atoms with Crippen LogP contribution in [0.25, 0.3) is 10.9 Å². The molecule has 0 atom stereocenters. The average Bonchev–Trinajstić information content (AvgIpc) is 3.11. The molecule has 1 aromatic heterocycles. The lowest BCUT2D eigenvalue weighted by molar-refractivity contribution is 0.0954. The number of anilines is 1. The van der Waals surface area contributed by atoms with Crippen LogP contribution in [0.5, 0.6) is 0 Å². The number of benzene rings is 2. The normalized spacial score (nSPS) is 10.6. The number of amides is 1. The Morgan fingerprint density at radius 3 is 2.68 bits per heavy atom. The molecule has 1 heterocycles. The number of nitrogens with one attached hydrogen (secondary N) is 4. The van der Waals surface area contributed by atoms with Crippen LogP contribution in [0.4, 0.5) is 5.69 Å². The lowest BCUT2D eigenvalue weighted by atomic mass is 10.1. The van der Waals surface area contributed by atoms with Crippen LogP contribution in [-0.4, -0.2) is 29.1 Å². The first-order valence-electron chi connectivity index (χ1n) is 9.65. The smallest absolute Gasteiger partial charge is 0.251 e. The zero-order valence-electron chi connectivity index (χ0n) is 16.0. The number of hydrogen-bond acceptors (Lipinski definition) is 2. The van der Waals surface area contributed by atoms with E-state index >= 15 is 0 Å². The monoisotopic (exact) mass is 394 g/mol. The highest BCUT2D eigenvalue weighted by molar-refractivity contribution is 7.80. The van der Waals surface area contributed by atoms with Crippen molar-refractivity contribution in [3.05, 3.63) is 65.9 Å². The third kappa shape index (κ3) is 5.33. The first-order chi connectivity index (χ1) is 13.7. The van der Waals surface area contributed by atoms with Gasteiger partial charge in [0.1, 0.15) is 0 Å². The highest BCUT2D eigenvalue weighted by atomic mass is 32.1. The number of fused-ring (bicyclic) bond motifs is 1. The van der Waals surface area contributed by atoms with Gasteiger partial charge in [0.2, 0.25) is 0 Å². The van der Waals surface area contributed by atoms with Crippen molar-refractivity contribution in [2.24, 2.45) is 0 Å². The number of carbonyl (C=O) groups excluding carboxylic acids is 1. The molecule has 6 heteroatoms. The minimum Gasteiger partial charge on any atom is -0.362 e. The molecule has 0 aliphatic heterocycles. The maximum absolute atomic E-state index is 12.2. The van der Waals surface area contributed by atoms with Gasteiger partial charge < -0.3 is 20.9 Å². The van der Waals surface area contributed by atoms with Crippen LogP contribution in [-0.2, 0) is 6.42 Å². The Kier molecular flexibility index (Phi) is 7.03. The summed E-state index contributed by atoms with van der Waals surface area (Å²) in [7, 11) is 0. The predicted octanol–water partition coefficient (Wildman–Crippen LogP) is 4.23. The summed E-state index contributed by atoms with van der Waals surface area (Å²) in [6, 6.07) is 15.4. The molecule has 0 aliphatic carbocycles. The summed E-state index contributed by atoms with van der Waals surface area (Å²) in [5.41, 5.74) is 3.87. The van der Waals surface area contributed by atoms with E-state index < -0.39 is 0 Å². The number of H-pyrrole nitrogens is 1. The number of aromatic amines is 1. The topological polar surface area (TPSA) is 68.9 Å². The van der Waals surface area contributed by atoms with Crippen LogP contribution in [0, 0.1) is 0 Å². The van der Waals surface area contributed by atoms with Crippen LogP contribution in [0.15, 0.2) is 54.7 Å². The summed E-state index contributed by atoms with van der Waals surface area (Å²) in [5.74, 6) is -0.0497. The van der Waals surface area contributed by atoms with Gasteiger partial charge in [0.15, 0.2) is 5.11 Å². The molecule has 0 unspecified atom stereocenters. The number of carbonyl (C=O) groups is 1. The zero-order valence-corrected chi connectivity index (χ0v) is 16.9. The Bertz CT molecular complexity index is 936. The highest BCUT2D eigenvalue weighted by Crippen LogP contribution is 2.22. The second kappa shape index (κ2) is 9.90. The highest BCUT2D eigenvalue weighted by Gasteiger charge is 2.08. The van der Waals surface area contributed by atoms with E-state index in [2.05, 4.69) is 33.9 Å². The van der Waals surface area contributed by atoms with Crippen LogP contribution in [0.2, 0.25) is 0 Å². The van der Waals surface area contributed by atoms with Crippen molar-refractivity contribution in [1.82, 2.24) is 15.6 Å².